The average Bonchev–Trinajstić information content (AvgIpc) is 2.55. The van der Waals surface area contributed by atoms with Gasteiger partial charge in [0.15, 0.2) is 0 Å². The van der Waals surface area contributed by atoms with E-state index in [1.165, 1.54) is 0 Å². The number of ether oxygens (including phenoxy) is 1. The summed E-state index contributed by atoms with van der Waals surface area (Å²) in [4.78, 5) is 17.8. The molecule has 0 amide bonds. The van der Waals surface area contributed by atoms with Crippen molar-refractivity contribution in [3.63, 3.8) is 0 Å². The number of aryl methyl sites for hydroxylation is 1. The summed E-state index contributed by atoms with van der Waals surface area (Å²) < 4.78 is 5.15. The van der Waals surface area contributed by atoms with Crippen LogP contribution in [0.3, 0.4) is 0 Å². The summed E-state index contributed by atoms with van der Waals surface area (Å²) in [6.45, 7) is 5.60. The van der Waals surface area contributed by atoms with Crippen LogP contribution >= 0.6 is 0 Å². The highest BCUT2D eigenvalue weighted by Gasteiger charge is 2.20. The lowest BCUT2D eigenvalue weighted by Crippen LogP contribution is -2.47. The van der Waals surface area contributed by atoms with E-state index in [1.807, 2.05) is 13.0 Å². The lowest BCUT2D eigenvalue weighted by molar-refractivity contribution is 0.396. The monoisotopic (exact) mass is 285 g/mol. The highest BCUT2D eigenvalue weighted by molar-refractivity contribution is 5.43. The molecule has 0 saturated carbocycles. The van der Waals surface area contributed by atoms with Crippen LogP contribution in [0, 0.1) is 6.92 Å². The van der Waals surface area contributed by atoms with Crippen LogP contribution in [0.25, 0.3) is 0 Å². The van der Waals surface area contributed by atoms with Crippen LogP contribution < -0.4 is 14.5 Å². The van der Waals surface area contributed by atoms with Gasteiger partial charge in [-0.2, -0.15) is 4.98 Å². The molecule has 1 saturated heterocycles. The number of aromatic nitrogens is 3. The van der Waals surface area contributed by atoms with Gasteiger partial charge in [0, 0.05) is 44.1 Å². The summed E-state index contributed by atoms with van der Waals surface area (Å²) in [7, 11) is 1.62. The van der Waals surface area contributed by atoms with Gasteiger partial charge in [0.2, 0.25) is 11.8 Å². The summed E-state index contributed by atoms with van der Waals surface area (Å²) in [5.41, 5.74) is 1.05. The van der Waals surface area contributed by atoms with E-state index >= 15 is 0 Å². The van der Waals surface area contributed by atoms with Gasteiger partial charge in [0.05, 0.1) is 7.11 Å². The molecule has 0 bridgehead atoms. The smallest absolute Gasteiger partial charge is 0.228 e. The molecule has 0 atom stereocenters. The first-order valence-corrected chi connectivity index (χ1v) is 7.07. The van der Waals surface area contributed by atoms with Gasteiger partial charge in [0.25, 0.3) is 0 Å². The minimum atomic E-state index is 0.600. The third kappa shape index (κ3) is 3.04. The molecule has 0 aliphatic carbocycles. The topological polar surface area (TPSA) is 54.4 Å². The number of hydrogen-bond donors (Lipinski definition) is 0. The van der Waals surface area contributed by atoms with Crippen molar-refractivity contribution in [2.75, 3.05) is 43.1 Å². The Bertz CT molecular complexity index is 611. The molecule has 0 unspecified atom stereocenters. The van der Waals surface area contributed by atoms with E-state index in [4.69, 9.17) is 4.74 Å². The third-order valence-electron chi connectivity index (χ3n) is 3.59. The minimum Gasteiger partial charge on any atom is -0.481 e. The second kappa shape index (κ2) is 5.95. The minimum absolute atomic E-state index is 0.600. The largest absolute Gasteiger partial charge is 0.481 e. The first-order valence-electron chi connectivity index (χ1n) is 7.07. The van der Waals surface area contributed by atoms with Crippen LogP contribution in [-0.4, -0.2) is 48.2 Å². The van der Waals surface area contributed by atoms with Gasteiger partial charge in [-0.15, -0.1) is 0 Å². The normalized spacial score (nSPS) is 15.1. The van der Waals surface area contributed by atoms with E-state index in [9.17, 15) is 0 Å². The predicted octanol–water partition coefficient (Wildman–Crippen LogP) is 1.52. The standard InChI is InChI=1S/C15H19N5O/c1-12-4-3-5-13(17-12)19-8-10-20(11-9-19)15-16-7-6-14(18-15)21-2/h3-7H,8-11H2,1-2H3. The quantitative estimate of drug-likeness (QED) is 0.852. The van der Waals surface area contributed by atoms with E-state index in [0.717, 1.165) is 43.6 Å². The molecule has 0 aromatic carbocycles. The molecule has 1 fully saturated rings. The van der Waals surface area contributed by atoms with Crippen molar-refractivity contribution in [3.05, 3.63) is 36.2 Å². The highest BCUT2D eigenvalue weighted by atomic mass is 16.5. The van der Waals surface area contributed by atoms with Gasteiger partial charge in [-0.3, -0.25) is 0 Å². The number of anilines is 2. The number of methoxy groups -OCH3 is 1. The number of pyridine rings is 1. The van der Waals surface area contributed by atoms with Gasteiger partial charge >= 0.3 is 0 Å². The average molecular weight is 285 g/mol. The van der Waals surface area contributed by atoms with Crippen LogP contribution in [0.2, 0.25) is 0 Å². The fraction of sp³-hybridized carbons (Fsp3) is 0.400. The van der Waals surface area contributed by atoms with Crippen molar-refractivity contribution < 1.29 is 4.74 Å². The molecule has 6 nitrogen and oxygen atoms in total. The van der Waals surface area contributed by atoms with Crippen molar-refractivity contribution in [3.8, 4) is 5.88 Å². The van der Waals surface area contributed by atoms with Crippen LogP contribution in [-0.2, 0) is 0 Å². The molecule has 21 heavy (non-hydrogen) atoms. The first-order chi connectivity index (χ1) is 10.3. The first kappa shape index (κ1) is 13.6. The van der Waals surface area contributed by atoms with Gasteiger partial charge in [0.1, 0.15) is 5.82 Å². The third-order valence-corrected chi connectivity index (χ3v) is 3.59. The SMILES string of the molecule is COc1ccnc(N2CCN(c3cccc(C)n3)CC2)n1. The van der Waals surface area contributed by atoms with Crippen LogP contribution in [0.5, 0.6) is 5.88 Å². The van der Waals surface area contributed by atoms with Gasteiger partial charge in [-0.1, -0.05) is 6.07 Å². The molecular weight excluding hydrogens is 266 g/mol. The Hall–Kier alpha value is -2.37. The molecule has 0 radical (unpaired) electrons. The van der Waals surface area contributed by atoms with Gasteiger partial charge < -0.3 is 14.5 Å². The molecule has 110 valence electrons. The van der Waals surface area contributed by atoms with Crippen LogP contribution in [0.15, 0.2) is 30.5 Å². The van der Waals surface area contributed by atoms with Crippen molar-refractivity contribution >= 4 is 11.8 Å². The fourth-order valence-corrected chi connectivity index (χ4v) is 2.44. The molecule has 2 aromatic heterocycles. The maximum Gasteiger partial charge on any atom is 0.228 e. The lowest BCUT2D eigenvalue weighted by Gasteiger charge is -2.35. The Morgan fingerprint density at radius 2 is 1.76 bits per heavy atom. The molecule has 1 aliphatic rings. The zero-order valence-corrected chi connectivity index (χ0v) is 12.4. The van der Waals surface area contributed by atoms with Crippen molar-refractivity contribution in [1.29, 1.82) is 0 Å². The maximum atomic E-state index is 5.15. The maximum absolute atomic E-state index is 5.15. The number of nitrogens with zero attached hydrogens (tertiary/aromatic N) is 5. The second-order valence-electron chi connectivity index (χ2n) is 5.01. The zero-order chi connectivity index (χ0) is 14.7. The van der Waals surface area contributed by atoms with Crippen molar-refractivity contribution in [2.45, 2.75) is 6.92 Å². The number of hydrogen-bond acceptors (Lipinski definition) is 6. The highest BCUT2D eigenvalue weighted by Crippen LogP contribution is 2.18. The van der Waals surface area contributed by atoms with E-state index in [1.54, 1.807) is 19.4 Å². The Morgan fingerprint density at radius 1 is 1.00 bits per heavy atom. The Kier molecular flexibility index (Phi) is 3.85. The molecule has 0 N–H and O–H groups in total. The molecule has 6 heteroatoms. The zero-order valence-electron chi connectivity index (χ0n) is 12.4. The van der Waals surface area contributed by atoms with Crippen molar-refractivity contribution in [2.24, 2.45) is 0 Å². The number of piperazine rings is 1. The van der Waals surface area contributed by atoms with E-state index in [-0.39, 0.29) is 0 Å². The Morgan fingerprint density at radius 3 is 2.48 bits per heavy atom. The predicted molar refractivity (Wildman–Crippen MR) is 82.0 cm³/mol. The molecule has 1 aliphatic heterocycles. The van der Waals surface area contributed by atoms with E-state index in [0.29, 0.717) is 5.88 Å². The summed E-state index contributed by atoms with van der Waals surface area (Å²) in [5, 5.41) is 0. The Balaban J connectivity index is 1.67. The van der Waals surface area contributed by atoms with Crippen LogP contribution in [0.4, 0.5) is 11.8 Å². The number of rotatable bonds is 3. The van der Waals surface area contributed by atoms with E-state index < -0.39 is 0 Å². The second-order valence-corrected chi connectivity index (χ2v) is 5.01. The molecule has 3 rings (SSSR count). The molecule has 3 heterocycles. The summed E-state index contributed by atoms with van der Waals surface area (Å²) in [6, 6.07) is 7.89. The molecular formula is C15H19N5O. The fourth-order valence-electron chi connectivity index (χ4n) is 2.44. The van der Waals surface area contributed by atoms with E-state index in [2.05, 4.69) is 36.9 Å². The lowest BCUT2D eigenvalue weighted by atomic mass is 10.3. The summed E-state index contributed by atoms with van der Waals surface area (Å²) in [6.07, 6.45) is 1.73. The van der Waals surface area contributed by atoms with Gasteiger partial charge in [-0.05, 0) is 19.1 Å². The molecule has 2 aromatic rings. The molecule has 0 spiro atoms. The Labute approximate surface area is 124 Å². The summed E-state index contributed by atoms with van der Waals surface area (Å²) in [5.74, 6) is 2.37. The van der Waals surface area contributed by atoms with Gasteiger partial charge in [-0.25, -0.2) is 9.97 Å². The summed E-state index contributed by atoms with van der Waals surface area (Å²) >= 11 is 0. The van der Waals surface area contributed by atoms with Crippen molar-refractivity contribution in [1.82, 2.24) is 15.0 Å². The van der Waals surface area contributed by atoms with Crippen LogP contribution in [0.1, 0.15) is 5.69 Å².